The molecule has 3 aromatic rings. The van der Waals surface area contributed by atoms with Crippen molar-refractivity contribution in [2.45, 2.75) is 0 Å². The molecule has 4 nitrogen and oxygen atoms in total. The monoisotopic (exact) mass is 457 g/mol. The van der Waals surface area contributed by atoms with Crippen molar-refractivity contribution in [3.8, 4) is 11.8 Å². The Morgan fingerprint density at radius 2 is 2.12 bits per heavy atom. The molecule has 0 unspecified atom stereocenters. The average molecular weight is 459 g/mol. The van der Waals surface area contributed by atoms with Crippen molar-refractivity contribution >= 4 is 54.5 Å². The molecular formula is C19H13Br2N3O. The van der Waals surface area contributed by atoms with Crippen LogP contribution in [0.2, 0.25) is 0 Å². The second kappa shape index (κ2) is 7.68. The molecule has 0 aliphatic carbocycles. The largest absolute Gasteiger partial charge is 0.488 e. The average Bonchev–Trinajstić information content (AvgIpc) is 3.02. The van der Waals surface area contributed by atoms with Crippen molar-refractivity contribution in [2.24, 2.45) is 0 Å². The van der Waals surface area contributed by atoms with E-state index in [1.54, 1.807) is 12.2 Å². The van der Waals surface area contributed by atoms with Crippen molar-refractivity contribution in [3.05, 3.63) is 69.4 Å². The minimum atomic E-state index is 0.369. The van der Waals surface area contributed by atoms with Crippen LogP contribution in [0.3, 0.4) is 0 Å². The van der Waals surface area contributed by atoms with Gasteiger partial charge in [0, 0.05) is 10.0 Å². The molecule has 0 fully saturated rings. The molecule has 0 amide bonds. The van der Waals surface area contributed by atoms with Gasteiger partial charge in [-0.15, -0.1) is 0 Å². The summed E-state index contributed by atoms with van der Waals surface area (Å²) in [6, 6.07) is 13.7. The van der Waals surface area contributed by atoms with Crippen LogP contribution in [0.15, 0.2) is 58.0 Å². The number of nitrogens with one attached hydrogen (secondary N) is 1. The number of nitriles is 1. The molecule has 124 valence electrons. The minimum Gasteiger partial charge on any atom is -0.488 e. The third-order valence-corrected chi connectivity index (χ3v) is 4.49. The van der Waals surface area contributed by atoms with E-state index in [1.165, 1.54) is 0 Å². The van der Waals surface area contributed by atoms with Crippen molar-refractivity contribution in [2.75, 3.05) is 6.61 Å². The van der Waals surface area contributed by atoms with Crippen LogP contribution in [-0.4, -0.2) is 16.6 Å². The number of fused-ring (bicyclic) bond motifs is 1. The van der Waals surface area contributed by atoms with Gasteiger partial charge < -0.3 is 9.72 Å². The number of ether oxygens (including phenoxy) is 1. The van der Waals surface area contributed by atoms with Gasteiger partial charge in [0.05, 0.1) is 21.1 Å². The molecular weight excluding hydrogens is 446 g/mol. The molecule has 1 N–H and O–H groups in total. The Balaban J connectivity index is 2.10. The highest BCUT2D eigenvalue weighted by atomic mass is 79.9. The fourth-order valence-electron chi connectivity index (χ4n) is 2.37. The number of aromatic nitrogens is 2. The summed E-state index contributed by atoms with van der Waals surface area (Å²) in [5, 5.41) is 9.61. The van der Waals surface area contributed by atoms with Crippen molar-refractivity contribution in [3.63, 3.8) is 0 Å². The van der Waals surface area contributed by atoms with Crippen LogP contribution in [-0.2, 0) is 0 Å². The van der Waals surface area contributed by atoms with E-state index < -0.39 is 0 Å². The van der Waals surface area contributed by atoms with Gasteiger partial charge in [0.1, 0.15) is 24.3 Å². The number of halogens is 2. The Morgan fingerprint density at radius 1 is 1.32 bits per heavy atom. The van der Waals surface area contributed by atoms with Gasteiger partial charge in [-0.05, 0) is 46.3 Å². The Kier molecular flexibility index (Phi) is 5.37. The van der Waals surface area contributed by atoms with Gasteiger partial charge in [0.2, 0.25) is 0 Å². The third-order valence-electron chi connectivity index (χ3n) is 3.45. The summed E-state index contributed by atoms with van der Waals surface area (Å²) in [5.41, 5.74) is 2.89. The minimum absolute atomic E-state index is 0.369. The number of aromatic amines is 1. The van der Waals surface area contributed by atoms with E-state index in [2.05, 4.69) is 54.5 Å². The van der Waals surface area contributed by atoms with Crippen LogP contribution < -0.4 is 4.74 Å². The maximum absolute atomic E-state index is 9.61. The fraction of sp³-hybridized carbons (Fsp3) is 0.0526. The van der Waals surface area contributed by atoms with E-state index in [9.17, 15) is 5.26 Å². The molecule has 0 bridgehead atoms. The topological polar surface area (TPSA) is 61.7 Å². The number of H-pyrrole nitrogens is 1. The lowest BCUT2D eigenvalue weighted by atomic mass is 10.1. The van der Waals surface area contributed by atoms with Crippen LogP contribution in [0.25, 0.3) is 22.7 Å². The van der Waals surface area contributed by atoms with Gasteiger partial charge in [-0.25, -0.2) is 4.98 Å². The number of para-hydroxylation sites is 2. The van der Waals surface area contributed by atoms with Crippen LogP contribution in [0, 0.1) is 11.3 Å². The summed E-state index contributed by atoms with van der Waals surface area (Å²) in [6.07, 6.45) is 3.43. The van der Waals surface area contributed by atoms with Gasteiger partial charge >= 0.3 is 0 Å². The molecule has 6 heteroatoms. The van der Waals surface area contributed by atoms with Crippen molar-refractivity contribution in [1.29, 1.82) is 5.26 Å². The van der Waals surface area contributed by atoms with E-state index in [0.29, 0.717) is 23.8 Å². The first-order valence-corrected chi connectivity index (χ1v) is 9.00. The molecule has 25 heavy (non-hydrogen) atoms. The van der Waals surface area contributed by atoms with E-state index in [0.717, 1.165) is 25.5 Å². The molecule has 1 heterocycles. The normalized spacial score (nSPS) is 11.3. The maximum atomic E-state index is 9.61. The summed E-state index contributed by atoms with van der Waals surface area (Å²) in [5.74, 6) is 1.17. The lowest BCUT2D eigenvalue weighted by Gasteiger charge is -2.11. The Morgan fingerprint density at radius 3 is 2.84 bits per heavy atom. The van der Waals surface area contributed by atoms with Gasteiger partial charge in [-0.3, -0.25) is 0 Å². The summed E-state index contributed by atoms with van der Waals surface area (Å²) in [6.45, 7) is 4.04. The van der Waals surface area contributed by atoms with Crippen LogP contribution >= 0.6 is 31.9 Å². The van der Waals surface area contributed by atoms with E-state index in [4.69, 9.17) is 4.74 Å². The number of allylic oxidation sites excluding steroid dienone is 1. The lowest BCUT2D eigenvalue weighted by Crippen LogP contribution is -1.97. The highest BCUT2D eigenvalue weighted by molar-refractivity contribution is 9.11. The summed E-state index contributed by atoms with van der Waals surface area (Å²) >= 11 is 6.97. The first kappa shape index (κ1) is 17.5. The number of nitrogens with zero attached hydrogens (tertiary/aromatic N) is 2. The third kappa shape index (κ3) is 3.84. The Hall–Kier alpha value is -2.36. The fourth-order valence-corrected chi connectivity index (χ4v) is 3.74. The summed E-state index contributed by atoms with van der Waals surface area (Å²) < 4.78 is 7.40. The van der Waals surface area contributed by atoms with Gasteiger partial charge in [0.15, 0.2) is 0 Å². The van der Waals surface area contributed by atoms with Crippen molar-refractivity contribution in [1.82, 2.24) is 9.97 Å². The first-order valence-electron chi connectivity index (χ1n) is 7.42. The van der Waals surface area contributed by atoms with Crippen molar-refractivity contribution < 1.29 is 4.74 Å². The van der Waals surface area contributed by atoms with Gasteiger partial charge in [-0.1, -0.05) is 40.7 Å². The molecule has 1 aromatic heterocycles. The summed E-state index contributed by atoms with van der Waals surface area (Å²) in [7, 11) is 0. The maximum Gasteiger partial charge on any atom is 0.149 e. The Labute approximate surface area is 162 Å². The number of hydrogen-bond donors (Lipinski definition) is 1. The van der Waals surface area contributed by atoms with Crippen LogP contribution in [0.5, 0.6) is 5.75 Å². The second-order valence-electron chi connectivity index (χ2n) is 5.18. The standard InChI is InChI=1S/C19H13Br2N3O/c1-2-7-25-18-12(9-14(20)10-15(18)21)8-13(11-22)19-23-16-5-3-4-6-17(16)24-19/h2-6,8-10H,1,7H2,(H,23,24)/b13-8-. The zero-order chi connectivity index (χ0) is 17.8. The molecule has 2 aromatic carbocycles. The SMILES string of the molecule is C=CCOc1c(Br)cc(Br)cc1/C=C(/C#N)c1nc2ccccc2[nH]1. The molecule has 3 rings (SSSR count). The van der Waals surface area contributed by atoms with E-state index in [1.807, 2.05) is 36.4 Å². The van der Waals surface area contributed by atoms with Crippen LogP contribution in [0.1, 0.15) is 11.4 Å². The first-order chi connectivity index (χ1) is 12.1. The highest BCUT2D eigenvalue weighted by Crippen LogP contribution is 2.35. The highest BCUT2D eigenvalue weighted by Gasteiger charge is 2.12. The smallest absolute Gasteiger partial charge is 0.149 e. The molecule has 0 aliphatic heterocycles. The molecule has 0 aliphatic rings. The predicted molar refractivity (Wildman–Crippen MR) is 107 cm³/mol. The van der Waals surface area contributed by atoms with E-state index >= 15 is 0 Å². The number of rotatable bonds is 5. The van der Waals surface area contributed by atoms with Crippen LogP contribution in [0.4, 0.5) is 0 Å². The zero-order valence-corrected chi connectivity index (χ0v) is 16.3. The molecule has 0 saturated heterocycles. The number of imidazole rings is 1. The quantitative estimate of drug-likeness (QED) is 0.393. The predicted octanol–water partition coefficient (Wildman–Crippen LogP) is 5.72. The number of hydrogen-bond acceptors (Lipinski definition) is 3. The van der Waals surface area contributed by atoms with Gasteiger partial charge in [0.25, 0.3) is 0 Å². The molecule has 0 atom stereocenters. The summed E-state index contributed by atoms with van der Waals surface area (Å²) in [4.78, 5) is 7.67. The molecule has 0 radical (unpaired) electrons. The lowest BCUT2D eigenvalue weighted by molar-refractivity contribution is 0.360. The van der Waals surface area contributed by atoms with Gasteiger partial charge in [-0.2, -0.15) is 5.26 Å². The van der Waals surface area contributed by atoms with E-state index in [-0.39, 0.29) is 0 Å². The molecule has 0 saturated carbocycles. The molecule has 0 spiro atoms. The number of benzene rings is 2. The zero-order valence-electron chi connectivity index (χ0n) is 13.1. The second-order valence-corrected chi connectivity index (χ2v) is 6.95. The Bertz CT molecular complexity index is 982.